The smallest absolute Gasteiger partial charge is 0.234 e. The van der Waals surface area contributed by atoms with Gasteiger partial charge in [-0.05, 0) is 35.9 Å². The maximum atomic E-state index is 12.1. The zero-order valence-electron chi connectivity index (χ0n) is 15.1. The second-order valence-corrected chi connectivity index (χ2v) is 8.73. The molecule has 0 spiro atoms. The van der Waals surface area contributed by atoms with Crippen LogP contribution in [-0.2, 0) is 23.3 Å². The van der Waals surface area contributed by atoms with Crippen molar-refractivity contribution in [3.8, 4) is 0 Å². The highest BCUT2D eigenvalue weighted by Gasteiger charge is 2.12. The van der Waals surface area contributed by atoms with E-state index in [0.29, 0.717) is 15.9 Å². The lowest BCUT2D eigenvalue weighted by molar-refractivity contribution is -0.113. The van der Waals surface area contributed by atoms with E-state index in [2.05, 4.69) is 15.5 Å². The molecule has 146 valence electrons. The highest BCUT2D eigenvalue weighted by atomic mass is 35.5. The maximum absolute atomic E-state index is 12.1. The first kappa shape index (κ1) is 21.0. The number of nitrogens with one attached hydrogen (secondary N) is 1. The Morgan fingerprint density at radius 3 is 2.61 bits per heavy atom. The SMILES string of the molecule is Cn1c(CSCc2ccc(Cl)cc2)nnc1SCC(=O)Nc1cccc(Cl)c1. The van der Waals surface area contributed by atoms with E-state index in [1.54, 1.807) is 36.0 Å². The summed E-state index contributed by atoms with van der Waals surface area (Å²) in [5, 5.41) is 13.3. The predicted octanol–water partition coefficient (Wildman–Crippen LogP) is 5.29. The summed E-state index contributed by atoms with van der Waals surface area (Å²) in [5.74, 6) is 2.61. The van der Waals surface area contributed by atoms with Crippen LogP contribution < -0.4 is 5.32 Å². The number of anilines is 1. The molecule has 0 aliphatic rings. The van der Waals surface area contributed by atoms with Crippen LogP contribution in [0, 0.1) is 0 Å². The van der Waals surface area contributed by atoms with E-state index < -0.39 is 0 Å². The number of amides is 1. The average Bonchev–Trinajstić information content (AvgIpc) is 3.02. The molecule has 1 N–H and O–H groups in total. The normalized spacial score (nSPS) is 10.8. The standard InChI is InChI=1S/C19H18Cl2N4OS2/c1-25-17(11-27-10-13-5-7-14(20)8-6-13)23-24-19(25)28-12-18(26)22-16-4-2-3-15(21)9-16/h2-9H,10-12H2,1H3,(H,22,26). The van der Waals surface area contributed by atoms with Gasteiger partial charge in [0, 0.05) is 28.5 Å². The Bertz CT molecular complexity index is 947. The number of carbonyl (C=O) groups excluding carboxylic acids is 1. The van der Waals surface area contributed by atoms with Gasteiger partial charge in [-0.15, -0.1) is 22.0 Å². The molecule has 0 aliphatic heterocycles. The topological polar surface area (TPSA) is 59.8 Å². The zero-order valence-corrected chi connectivity index (χ0v) is 18.2. The van der Waals surface area contributed by atoms with Crippen molar-refractivity contribution in [1.82, 2.24) is 14.8 Å². The number of hydrogen-bond donors (Lipinski definition) is 1. The van der Waals surface area contributed by atoms with Crippen LogP contribution in [0.1, 0.15) is 11.4 Å². The fraction of sp³-hybridized carbons (Fsp3) is 0.211. The molecule has 0 unspecified atom stereocenters. The van der Waals surface area contributed by atoms with E-state index in [0.717, 1.165) is 22.4 Å². The van der Waals surface area contributed by atoms with Gasteiger partial charge >= 0.3 is 0 Å². The minimum Gasteiger partial charge on any atom is -0.325 e. The summed E-state index contributed by atoms with van der Waals surface area (Å²) in [6.45, 7) is 0. The van der Waals surface area contributed by atoms with Gasteiger partial charge in [0.25, 0.3) is 0 Å². The number of rotatable bonds is 8. The van der Waals surface area contributed by atoms with Crippen molar-refractivity contribution in [2.75, 3.05) is 11.1 Å². The van der Waals surface area contributed by atoms with E-state index in [4.69, 9.17) is 23.2 Å². The molecule has 0 bridgehead atoms. The van der Waals surface area contributed by atoms with Crippen LogP contribution in [0.25, 0.3) is 0 Å². The molecule has 3 aromatic rings. The molecule has 0 fully saturated rings. The molecule has 28 heavy (non-hydrogen) atoms. The third kappa shape index (κ3) is 6.17. The zero-order chi connectivity index (χ0) is 19.9. The monoisotopic (exact) mass is 452 g/mol. The van der Waals surface area contributed by atoms with Gasteiger partial charge < -0.3 is 9.88 Å². The number of thioether (sulfide) groups is 2. The van der Waals surface area contributed by atoms with Gasteiger partial charge in [0.2, 0.25) is 5.91 Å². The van der Waals surface area contributed by atoms with Crippen molar-refractivity contribution in [3.63, 3.8) is 0 Å². The van der Waals surface area contributed by atoms with E-state index in [-0.39, 0.29) is 11.7 Å². The number of benzene rings is 2. The number of halogens is 2. The Labute approximate surface area is 182 Å². The van der Waals surface area contributed by atoms with E-state index >= 15 is 0 Å². The van der Waals surface area contributed by atoms with Crippen molar-refractivity contribution in [2.45, 2.75) is 16.7 Å². The lowest BCUT2D eigenvalue weighted by Crippen LogP contribution is -2.14. The predicted molar refractivity (Wildman–Crippen MR) is 118 cm³/mol. The number of nitrogens with zero attached hydrogens (tertiary/aromatic N) is 3. The van der Waals surface area contributed by atoms with Gasteiger partial charge in [0.15, 0.2) is 5.16 Å². The molecule has 2 aromatic carbocycles. The lowest BCUT2D eigenvalue weighted by Gasteiger charge is -2.06. The van der Waals surface area contributed by atoms with Crippen LogP contribution in [0.2, 0.25) is 10.0 Å². The molecular formula is C19H18Cl2N4OS2. The molecule has 0 radical (unpaired) electrons. The highest BCUT2D eigenvalue weighted by molar-refractivity contribution is 7.99. The maximum Gasteiger partial charge on any atom is 0.234 e. The molecule has 5 nitrogen and oxygen atoms in total. The third-order valence-electron chi connectivity index (χ3n) is 3.78. The highest BCUT2D eigenvalue weighted by Crippen LogP contribution is 2.22. The first-order valence-electron chi connectivity index (χ1n) is 8.40. The van der Waals surface area contributed by atoms with Crippen LogP contribution in [0.3, 0.4) is 0 Å². The molecule has 3 rings (SSSR count). The number of hydrogen-bond acceptors (Lipinski definition) is 5. The van der Waals surface area contributed by atoms with Crippen LogP contribution in [0.15, 0.2) is 53.7 Å². The molecular weight excluding hydrogens is 435 g/mol. The molecule has 1 heterocycles. The minimum absolute atomic E-state index is 0.117. The van der Waals surface area contributed by atoms with Gasteiger partial charge in [-0.25, -0.2) is 0 Å². The molecule has 0 aliphatic carbocycles. The Morgan fingerprint density at radius 2 is 1.86 bits per heavy atom. The van der Waals surface area contributed by atoms with Crippen molar-refractivity contribution in [1.29, 1.82) is 0 Å². The van der Waals surface area contributed by atoms with Crippen molar-refractivity contribution >= 4 is 58.3 Å². The summed E-state index contributed by atoms with van der Waals surface area (Å²) < 4.78 is 1.92. The molecule has 0 saturated heterocycles. The lowest BCUT2D eigenvalue weighted by atomic mass is 10.2. The van der Waals surface area contributed by atoms with Gasteiger partial charge in [-0.1, -0.05) is 53.2 Å². The summed E-state index contributed by atoms with van der Waals surface area (Å²) in [7, 11) is 1.91. The summed E-state index contributed by atoms with van der Waals surface area (Å²) >= 11 is 14.9. The average molecular weight is 453 g/mol. The molecule has 0 saturated carbocycles. The third-order valence-corrected chi connectivity index (χ3v) is 6.29. The number of carbonyl (C=O) groups is 1. The largest absolute Gasteiger partial charge is 0.325 e. The minimum atomic E-state index is -0.117. The molecule has 1 aromatic heterocycles. The second-order valence-electron chi connectivity index (χ2n) is 5.92. The molecule has 1 amide bonds. The number of aromatic nitrogens is 3. The second kappa shape index (κ2) is 10.2. The van der Waals surface area contributed by atoms with E-state index in [1.807, 2.05) is 35.9 Å². The summed E-state index contributed by atoms with van der Waals surface area (Å²) in [5.41, 5.74) is 1.89. The summed E-state index contributed by atoms with van der Waals surface area (Å²) in [6, 6.07) is 14.9. The Hall–Kier alpha value is -1.67. The van der Waals surface area contributed by atoms with Crippen molar-refractivity contribution in [3.05, 3.63) is 70.0 Å². The van der Waals surface area contributed by atoms with Gasteiger partial charge in [-0.3, -0.25) is 4.79 Å². The Morgan fingerprint density at radius 1 is 1.07 bits per heavy atom. The van der Waals surface area contributed by atoms with E-state index in [9.17, 15) is 4.79 Å². The van der Waals surface area contributed by atoms with Crippen LogP contribution in [0.4, 0.5) is 5.69 Å². The fourth-order valence-corrected chi connectivity index (χ4v) is 4.34. The molecule has 0 atom stereocenters. The van der Waals surface area contributed by atoms with Gasteiger partial charge in [-0.2, -0.15) is 0 Å². The van der Waals surface area contributed by atoms with Gasteiger partial charge in [0.1, 0.15) is 5.82 Å². The van der Waals surface area contributed by atoms with Crippen LogP contribution >= 0.6 is 46.7 Å². The Kier molecular flexibility index (Phi) is 7.67. The summed E-state index contributed by atoms with van der Waals surface area (Å²) in [4.78, 5) is 12.1. The quantitative estimate of drug-likeness (QED) is 0.470. The van der Waals surface area contributed by atoms with Crippen LogP contribution in [0.5, 0.6) is 0 Å². The van der Waals surface area contributed by atoms with Crippen molar-refractivity contribution in [2.24, 2.45) is 7.05 Å². The van der Waals surface area contributed by atoms with Crippen molar-refractivity contribution < 1.29 is 4.79 Å². The van der Waals surface area contributed by atoms with Gasteiger partial charge in [0.05, 0.1) is 11.5 Å². The molecule has 9 heteroatoms. The first-order chi connectivity index (χ1) is 13.5. The fourth-order valence-electron chi connectivity index (χ4n) is 2.33. The Balaban J connectivity index is 1.47. The summed E-state index contributed by atoms with van der Waals surface area (Å²) in [6.07, 6.45) is 0. The first-order valence-corrected chi connectivity index (χ1v) is 11.3. The van der Waals surface area contributed by atoms with Crippen LogP contribution in [-0.4, -0.2) is 26.4 Å². The van der Waals surface area contributed by atoms with E-state index in [1.165, 1.54) is 17.3 Å².